The Morgan fingerprint density at radius 1 is 1.00 bits per heavy atom. The third-order valence-electron chi connectivity index (χ3n) is 4.77. The molecular weight excluding hydrogens is 448 g/mol. The van der Waals surface area contributed by atoms with Crippen LogP contribution in [0, 0.1) is 13.8 Å². The van der Waals surface area contributed by atoms with E-state index in [2.05, 4.69) is 5.32 Å². The second kappa shape index (κ2) is 10.5. The predicted octanol–water partition coefficient (Wildman–Crippen LogP) is 4.35. The van der Waals surface area contributed by atoms with E-state index in [4.69, 9.17) is 16.3 Å². The van der Waals surface area contributed by atoms with Crippen LogP contribution in [0.25, 0.3) is 0 Å². The Balaban J connectivity index is 1.75. The van der Waals surface area contributed by atoms with Crippen LogP contribution in [-0.4, -0.2) is 34.0 Å². The van der Waals surface area contributed by atoms with Gasteiger partial charge in [0.25, 0.3) is 10.0 Å². The third kappa shape index (κ3) is 5.81. The zero-order valence-corrected chi connectivity index (χ0v) is 19.5. The van der Waals surface area contributed by atoms with Crippen molar-refractivity contribution >= 4 is 33.2 Å². The van der Waals surface area contributed by atoms with Crippen molar-refractivity contribution in [1.82, 2.24) is 5.32 Å². The van der Waals surface area contributed by atoms with E-state index in [1.165, 1.54) is 12.1 Å². The van der Waals surface area contributed by atoms with Crippen molar-refractivity contribution in [2.24, 2.45) is 0 Å². The van der Waals surface area contributed by atoms with E-state index in [9.17, 15) is 13.2 Å². The Morgan fingerprint density at radius 3 is 2.41 bits per heavy atom. The van der Waals surface area contributed by atoms with Crippen molar-refractivity contribution in [1.29, 1.82) is 0 Å². The molecule has 168 valence electrons. The third-order valence-corrected chi connectivity index (χ3v) is 6.86. The maximum absolute atomic E-state index is 13.4. The van der Waals surface area contributed by atoms with Gasteiger partial charge in [0.15, 0.2) is 0 Å². The van der Waals surface area contributed by atoms with Crippen LogP contribution in [0.15, 0.2) is 77.7 Å². The second-order valence-electron chi connectivity index (χ2n) is 7.24. The van der Waals surface area contributed by atoms with Crippen molar-refractivity contribution in [2.75, 3.05) is 24.0 Å². The van der Waals surface area contributed by atoms with Gasteiger partial charge in [-0.25, -0.2) is 8.42 Å². The minimum Gasteiger partial charge on any atom is -0.490 e. The second-order valence-corrected chi connectivity index (χ2v) is 9.51. The molecule has 0 radical (unpaired) electrons. The number of anilines is 1. The van der Waals surface area contributed by atoms with E-state index in [0.717, 1.165) is 15.4 Å². The molecule has 0 fully saturated rings. The van der Waals surface area contributed by atoms with Crippen molar-refractivity contribution in [3.8, 4) is 5.75 Å². The van der Waals surface area contributed by atoms with Crippen LogP contribution >= 0.6 is 11.6 Å². The molecule has 6 nitrogen and oxygen atoms in total. The molecule has 0 spiro atoms. The number of benzene rings is 3. The van der Waals surface area contributed by atoms with Gasteiger partial charge in [-0.05, 0) is 55.3 Å². The molecule has 0 aliphatic carbocycles. The van der Waals surface area contributed by atoms with Crippen molar-refractivity contribution in [3.05, 3.63) is 88.9 Å². The number of nitrogens with zero attached hydrogens (tertiary/aromatic N) is 1. The zero-order chi connectivity index (χ0) is 23.1. The number of rotatable bonds is 9. The van der Waals surface area contributed by atoms with Crippen LogP contribution < -0.4 is 14.4 Å². The predicted molar refractivity (Wildman–Crippen MR) is 127 cm³/mol. The smallest absolute Gasteiger partial charge is 0.264 e. The van der Waals surface area contributed by atoms with Crippen molar-refractivity contribution in [2.45, 2.75) is 18.7 Å². The van der Waals surface area contributed by atoms with Crippen LogP contribution in [0.2, 0.25) is 5.02 Å². The molecule has 0 unspecified atom stereocenters. The number of ether oxygens (including phenoxy) is 1. The molecule has 1 amide bonds. The normalized spacial score (nSPS) is 11.1. The van der Waals surface area contributed by atoms with E-state index < -0.39 is 15.9 Å². The van der Waals surface area contributed by atoms with Gasteiger partial charge in [-0.3, -0.25) is 9.10 Å². The largest absolute Gasteiger partial charge is 0.490 e. The maximum Gasteiger partial charge on any atom is 0.264 e. The Morgan fingerprint density at radius 2 is 1.69 bits per heavy atom. The number of nitrogens with one attached hydrogen (secondary N) is 1. The molecule has 0 atom stereocenters. The molecule has 0 saturated heterocycles. The Kier molecular flexibility index (Phi) is 7.77. The first-order chi connectivity index (χ1) is 15.3. The topological polar surface area (TPSA) is 75.7 Å². The summed E-state index contributed by atoms with van der Waals surface area (Å²) < 4.78 is 33.5. The van der Waals surface area contributed by atoms with Crippen molar-refractivity contribution < 1.29 is 17.9 Å². The van der Waals surface area contributed by atoms with Gasteiger partial charge in [-0.15, -0.1) is 0 Å². The first-order valence-electron chi connectivity index (χ1n) is 10.1. The van der Waals surface area contributed by atoms with Crippen molar-refractivity contribution in [3.63, 3.8) is 0 Å². The molecule has 0 aliphatic heterocycles. The molecule has 0 saturated carbocycles. The molecule has 0 aromatic heterocycles. The Labute approximate surface area is 193 Å². The van der Waals surface area contributed by atoms with E-state index in [0.29, 0.717) is 16.5 Å². The van der Waals surface area contributed by atoms with Gasteiger partial charge in [0, 0.05) is 0 Å². The average molecular weight is 473 g/mol. The molecule has 3 aromatic carbocycles. The number of sulfonamides is 1. The molecule has 3 rings (SSSR count). The standard InChI is InChI=1S/C24H25ClN2O4S/c1-18-12-13-19(2)22(16-18)27(32(29,30)20-8-4-3-5-9-20)17-24(28)26-14-15-31-23-11-7-6-10-21(23)25/h3-13,16H,14-15,17H2,1-2H3,(H,26,28). The first-order valence-corrected chi connectivity index (χ1v) is 11.9. The van der Waals surface area contributed by atoms with Crippen LogP contribution in [0.3, 0.4) is 0 Å². The minimum atomic E-state index is -3.94. The van der Waals surface area contributed by atoms with Gasteiger partial charge in [0.2, 0.25) is 5.91 Å². The van der Waals surface area contributed by atoms with Gasteiger partial charge in [0.1, 0.15) is 18.9 Å². The highest BCUT2D eigenvalue weighted by Gasteiger charge is 2.28. The Bertz CT molecular complexity index is 1180. The summed E-state index contributed by atoms with van der Waals surface area (Å²) in [6.07, 6.45) is 0. The number of carbonyl (C=O) groups excluding carboxylic acids is 1. The summed E-state index contributed by atoms with van der Waals surface area (Å²) in [6.45, 7) is 3.74. The number of amides is 1. The summed E-state index contributed by atoms with van der Waals surface area (Å²) in [5.74, 6) is 0.0836. The van der Waals surface area contributed by atoms with E-state index in [1.54, 1.807) is 48.5 Å². The minimum absolute atomic E-state index is 0.121. The van der Waals surface area contributed by atoms with Crippen LogP contribution in [0.1, 0.15) is 11.1 Å². The summed E-state index contributed by atoms with van der Waals surface area (Å²) in [4.78, 5) is 12.8. The lowest BCUT2D eigenvalue weighted by Gasteiger charge is -2.26. The fourth-order valence-electron chi connectivity index (χ4n) is 3.11. The average Bonchev–Trinajstić information content (AvgIpc) is 2.78. The summed E-state index contributed by atoms with van der Waals surface area (Å²) in [5, 5.41) is 3.20. The van der Waals surface area contributed by atoms with E-state index in [1.807, 2.05) is 26.0 Å². The SMILES string of the molecule is Cc1ccc(C)c(N(CC(=O)NCCOc2ccccc2Cl)S(=O)(=O)c2ccccc2)c1. The number of hydrogen-bond donors (Lipinski definition) is 1. The molecule has 0 heterocycles. The number of hydrogen-bond acceptors (Lipinski definition) is 4. The van der Waals surface area contributed by atoms with Gasteiger partial charge < -0.3 is 10.1 Å². The number of para-hydroxylation sites is 1. The van der Waals surface area contributed by atoms with Gasteiger partial charge in [0.05, 0.1) is 22.2 Å². The van der Waals surface area contributed by atoms with E-state index >= 15 is 0 Å². The zero-order valence-electron chi connectivity index (χ0n) is 17.9. The molecule has 0 bridgehead atoms. The molecule has 32 heavy (non-hydrogen) atoms. The Hall–Kier alpha value is -3.03. The quantitative estimate of drug-likeness (QED) is 0.470. The van der Waals surface area contributed by atoms with Gasteiger partial charge >= 0.3 is 0 Å². The van der Waals surface area contributed by atoms with E-state index in [-0.39, 0.29) is 24.6 Å². The summed E-state index contributed by atoms with van der Waals surface area (Å²) in [5.41, 5.74) is 2.12. The van der Waals surface area contributed by atoms with Gasteiger partial charge in [-0.2, -0.15) is 0 Å². The lowest BCUT2D eigenvalue weighted by molar-refractivity contribution is -0.119. The molecule has 8 heteroatoms. The summed E-state index contributed by atoms with van der Waals surface area (Å²) in [7, 11) is -3.94. The maximum atomic E-state index is 13.4. The summed E-state index contributed by atoms with van der Waals surface area (Å²) in [6, 6.07) is 20.6. The highest BCUT2D eigenvalue weighted by atomic mass is 35.5. The van der Waals surface area contributed by atoms with Crippen LogP contribution in [-0.2, 0) is 14.8 Å². The number of aryl methyl sites for hydroxylation is 2. The molecule has 1 N–H and O–H groups in total. The highest BCUT2D eigenvalue weighted by Crippen LogP contribution is 2.28. The fraction of sp³-hybridized carbons (Fsp3) is 0.208. The van der Waals surface area contributed by atoms with Crippen LogP contribution in [0.4, 0.5) is 5.69 Å². The number of halogens is 1. The molecular formula is C24H25ClN2O4S. The molecule has 3 aromatic rings. The first kappa shape index (κ1) is 23.6. The number of carbonyl (C=O) groups is 1. The monoisotopic (exact) mass is 472 g/mol. The lowest BCUT2D eigenvalue weighted by Crippen LogP contribution is -2.42. The van der Waals surface area contributed by atoms with Crippen LogP contribution in [0.5, 0.6) is 5.75 Å². The summed E-state index contributed by atoms with van der Waals surface area (Å²) >= 11 is 6.05. The van der Waals surface area contributed by atoms with Gasteiger partial charge in [-0.1, -0.05) is 54.1 Å². The highest BCUT2D eigenvalue weighted by molar-refractivity contribution is 7.92. The lowest BCUT2D eigenvalue weighted by atomic mass is 10.1. The molecule has 0 aliphatic rings. The fourth-order valence-corrected chi connectivity index (χ4v) is 4.80.